The average molecular weight is 409 g/mol. The predicted octanol–water partition coefficient (Wildman–Crippen LogP) is 5.88. The number of hydrogen-bond donors (Lipinski definition) is 0. The summed E-state index contributed by atoms with van der Waals surface area (Å²) in [5.41, 5.74) is 3.20. The van der Waals surface area contributed by atoms with Crippen molar-refractivity contribution in [3.8, 4) is 22.6 Å². The first-order valence-corrected chi connectivity index (χ1v) is 10.5. The van der Waals surface area contributed by atoms with E-state index < -0.39 is 0 Å². The minimum Gasteiger partial charge on any atom is -0.338 e. The SMILES string of the molecule is Clc1cccc(-c2noc(CSc3ncc(-c4ccccc4)n3C3CC3)n2)c1. The molecule has 0 radical (unpaired) electrons. The maximum absolute atomic E-state index is 6.05. The molecule has 0 aliphatic heterocycles. The number of nitrogens with zero attached hydrogens (tertiary/aromatic N) is 4. The lowest BCUT2D eigenvalue weighted by Crippen LogP contribution is -1.99. The molecule has 1 saturated carbocycles. The molecule has 2 aromatic heterocycles. The van der Waals surface area contributed by atoms with Crippen LogP contribution in [-0.4, -0.2) is 19.7 Å². The quantitative estimate of drug-likeness (QED) is 0.373. The summed E-state index contributed by atoms with van der Waals surface area (Å²) in [5, 5.41) is 5.72. The molecule has 5 rings (SSSR count). The topological polar surface area (TPSA) is 56.7 Å². The number of benzene rings is 2. The molecule has 0 bridgehead atoms. The molecule has 7 heteroatoms. The van der Waals surface area contributed by atoms with Crippen molar-refractivity contribution in [2.45, 2.75) is 29.8 Å². The highest BCUT2D eigenvalue weighted by Crippen LogP contribution is 2.42. The van der Waals surface area contributed by atoms with Crippen LogP contribution in [0.4, 0.5) is 0 Å². The molecular weight excluding hydrogens is 392 g/mol. The highest BCUT2D eigenvalue weighted by Gasteiger charge is 2.29. The first-order valence-electron chi connectivity index (χ1n) is 9.12. The molecule has 0 unspecified atom stereocenters. The van der Waals surface area contributed by atoms with E-state index in [1.807, 2.05) is 36.5 Å². The molecule has 1 fully saturated rings. The second-order valence-corrected chi connectivity index (χ2v) is 8.08. The Kier molecular flexibility index (Phi) is 4.66. The van der Waals surface area contributed by atoms with E-state index >= 15 is 0 Å². The van der Waals surface area contributed by atoms with Gasteiger partial charge in [-0.05, 0) is 30.5 Å². The van der Waals surface area contributed by atoms with Crippen molar-refractivity contribution in [3.05, 3.63) is 71.7 Å². The standard InChI is InChI=1S/C21H17ClN4OS/c22-16-8-4-7-15(11-16)20-24-19(27-25-20)13-28-21-23-12-18(26(21)17-9-10-17)14-5-2-1-3-6-14/h1-8,11-12,17H,9-10,13H2. The maximum atomic E-state index is 6.05. The molecule has 4 aromatic rings. The van der Waals surface area contributed by atoms with Gasteiger partial charge in [0.05, 0.1) is 17.6 Å². The van der Waals surface area contributed by atoms with Crippen LogP contribution in [0.5, 0.6) is 0 Å². The number of hydrogen-bond acceptors (Lipinski definition) is 5. The van der Waals surface area contributed by atoms with Crippen molar-refractivity contribution in [3.63, 3.8) is 0 Å². The molecule has 0 atom stereocenters. The third-order valence-electron chi connectivity index (χ3n) is 4.62. The lowest BCUT2D eigenvalue weighted by Gasteiger charge is -2.10. The molecule has 5 nitrogen and oxygen atoms in total. The fourth-order valence-corrected chi connectivity index (χ4v) is 4.22. The van der Waals surface area contributed by atoms with Crippen LogP contribution in [0.3, 0.4) is 0 Å². The number of halogens is 1. The van der Waals surface area contributed by atoms with E-state index in [1.54, 1.807) is 11.8 Å². The van der Waals surface area contributed by atoms with Crippen molar-refractivity contribution < 1.29 is 4.52 Å². The van der Waals surface area contributed by atoms with E-state index in [-0.39, 0.29) is 0 Å². The second kappa shape index (κ2) is 7.45. The average Bonchev–Trinajstić information content (AvgIpc) is 3.29. The molecule has 28 heavy (non-hydrogen) atoms. The van der Waals surface area contributed by atoms with E-state index in [9.17, 15) is 0 Å². The molecule has 1 aliphatic rings. The highest BCUT2D eigenvalue weighted by atomic mass is 35.5. The van der Waals surface area contributed by atoms with Gasteiger partial charge in [0.25, 0.3) is 0 Å². The Balaban J connectivity index is 1.36. The Morgan fingerprint density at radius 1 is 1.07 bits per heavy atom. The van der Waals surface area contributed by atoms with Crippen LogP contribution in [-0.2, 0) is 5.75 Å². The third kappa shape index (κ3) is 3.57. The van der Waals surface area contributed by atoms with Crippen LogP contribution in [0, 0.1) is 0 Å². The Bertz CT molecular complexity index is 1100. The predicted molar refractivity (Wildman–Crippen MR) is 110 cm³/mol. The zero-order valence-corrected chi connectivity index (χ0v) is 16.5. The van der Waals surface area contributed by atoms with Crippen LogP contribution < -0.4 is 0 Å². The van der Waals surface area contributed by atoms with Crippen LogP contribution >= 0.6 is 23.4 Å². The largest absolute Gasteiger partial charge is 0.338 e. The van der Waals surface area contributed by atoms with Crippen LogP contribution in [0.2, 0.25) is 5.02 Å². The van der Waals surface area contributed by atoms with E-state index in [1.165, 1.54) is 18.4 Å². The zero-order chi connectivity index (χ0) is 18.9. The van der Waals surface area contributed by atoms with Gasteiger partial charge in [0, 0.05) is 16.6 Å². The number of rotatable bonds is 6. The minimum absolute atomic E-state index is 0.532. The zero-order valence-electron chi connectivity index (χ0n) is 15.0. The summed E-state index contributed by atoms with van der Waals surface area (Å²) in [6, 6.07) is 18.4. The minimum atomic E-state index is 0.532. The Morgan fingerprint density at radius 2 is 1.89 bits per heavy atom. The van der Waals surface area contributed by atoms with E-state index in [4.69, 9.17) is 16.1 Å². The molecule has 2 aromatic carbocycles. The van der Waals surface area contributed by atoms with Crippen molar-refractivity contribution in [2.24, 2.45) is 0 Å². The van der Waals surface area contributed by atoms with Crippen LogP contribution in [0.25, 0.3) is 22.6 Å². The van der Waals surface area contributed by atoms with Gasteiger partial charge in [-0.3, -0.25) is 0 Å². The summed E-state index contributed by atoms with van der Waals surface area (Å²) in [6.07, 6.45) is 4.35. The number of imidazole rings is 1. The van der Waals surface area contributed by atoms with Crippen molar-refractivity contribution in [2.75, 3.05) is 0 Å². The lowest BCUT2D eigenvalue weighted by molar-refractivity contribution is 0.391. The van der Waals surface area contributed by atoms with Gasteiger partial charge in [-0.2, -0.15) is 4.98 Å². The van der Waals surface area contributed by atoms with Gasteiger partial charge < -0.3 is 9.09 Å². The molecule has 140 valence electrons. The third-order valence-corrected chi connectivity index (χ3v) is 5.81. The van der Waals surface area contributed by atoms with Gasteiger partial charge in [-0.15, -0.1) is 0 Å². The van der Waals surface area contributed by atoms with Crippen molar-refractivity contribution in [1.29, 1.82) is 0 Å². The van der Waals surface area contributed by atoms with E-state index in [0.717, 1.165) is 16.4 Å². The Labute approximate surface area is 171 Å². The van der Waals surface area contributed by atoms with Crippen molar-refractivity contribution in [1.82, 2.24) is 19.7 Å². The summed E-state index contributed by atoms with van der Waals surface area (Å²) in [7, 11) is 0. The first kappa shape index (κ1) is 17.5. The molecule has 0 N–H and O–H groups in total. The molecule has 1 aliphatic carbocycles. The van der Waals surface area contributed by atoms with Gasteiger partial charge in [0.1, 0.15) is 0 Å². The molecule has 2 heterocycles. The van der Waals surface area contributed by atoms with E-state index in [2.05, 4.69) is 44.0 Å². The number of aromatic nitrogens is 4. The Hall–Kier alpha value is -2.57. The fraction of sp³-hybridized carbons (Fsp3) is 0.190. The van der Waals surface area contributed by atoms with Crippen LogP contribution in [0.15, 0.2) is 70.5 Å². The van der Waals surface area contributed by atoms with Crippen molar-refractivity contribution >= 4 is 23.4 Å². The smallest absolute Gasteiger partial charge is 0.237 e. The molecule has 0 saturated heterocycles. The maximum Gasteiger partial charge on any atom is 0.237 e. The summed E-state index contributed by atoms with van der Waals surface area (Å²) in [6.45, 7) is 0. The van der Waals surface area contributed by atoms with Gasteiger partial charge in [0.15, 0.2) is 5.16 Å². The summed E-state index contributed by atoms with van der Waals surface area (Å²) in [4.78, 5) is 9.16. The monoisotopic (exact) mass is 408 g/mol. The second-order valence-electron chi connectivity index (χ2n) is 6.70. The normalized spacial score (nSPS) is 13.8. The summed E-state index contributed by atoms with van der Waals surface area (Å²) in [5.74, 6) is 1.70. The van der Waals surface area contributed by atoms with Crippen LogP contribution in [0.1, 0.15) is 24.8 Å². The van der Waals surface area contributed by atoms with E-state index in [0.29, 0.717) is 28.5 Å². The van der Waals surface area contributed by atoms with Gasteiger partial charge >= 0.3 is 0 Å². The fourth-order valence-electron chi connectivity index (χ4n) is 3.14. The molecule has 0 spiro atoms. The molecular formula is C21H17ClN4OS. The summed E-state index contributed by atoms with van der Waals surface area (Å²) < 4.78 is 7.77. The lowest BCUT2D eigenvalue weighted by atomic mass is 10.2. The molecule has 0 amide bonds. The number of thioether (sulfide) groups is 1. The van der Waals surface area contributed by atoms with Gasteiger partial charge in [0.2, 0.25) is 11.7 Å². The summed E-state index contributed by atoms with van der Waals surface area (Å²) >= 11 is 7.67. The van der Waals surface area contributed by atoms with Gasteiger partial charge in [-0.25, -0.2) is 4.98 Å². The Morgan fingerprint density at radius 3 is 2.68 bits per heavy atom. The highest BCUT2D eigenvalue weighted by molar-refractivity contribution is 7.98. The van der Waals surface area contributed by atoms with Gasteiger partial charge in [-0.1, -0.05) is 71.0 Å². The first-order chi connectivity index (χ1) is 13.8.